The minimum Gasteiger partial charge on any atom is -0.325 e. The molecule has 1 saturated heterocycles. The maximum atomic E-state index is 12.9. The fourth-order valence-corrected chi connectivity index (χ4v) is 5.88. The average molecular weight is 487 g/mol. The van der Waals surface area contributed by atoms with E-state index >= 15 is 0 Å². The van der Waals surface area contributed by atoms with Gasteiger partial charge in [0.25, 0.3) is 0 Å². The normalized spacial score (nSPS) is 15.2. The number of nitrogens with zero attached hydrogens (tertiary/aromatic N) is 5. The largest absolute Gasteiger partial charge is 0.325 e. The fraction of sp³-hybridized carbons (Fsp3) is 0.364. The molecule has 0 radical (unpaired) electrons. The lowest BCUT2D eigenvalue weighted by atomic mass is 10.2. The third kappa shape index (κ3) is 5.60. The molecule has 3 heterocycles. The van der Waals surface area contributed by atoms with E-state index < -0.39 is 10.0 Å². The van der Waals surface area contributed by atoms with E-state index in [1.807, 2.05) is 23.7 Å². The summed E-state index contributed by atoms with van der Waals surface area (Å²) in [6.45, 7) is 1.12. The molecule has 1 aliphatic rings. The number of hydrogen-bond donors (Lipinski definition) is 1. The number of thioether (sulfide) groups is 1. The number of anilines is 1. The first kappa shape index (κ1) is 23.4. The smallest absolute Gasteiger partial charge is 0.243 e. The van der Waals surface area contributed by atoms with Crippen LogP contribution >= 0.6 is 11.8 Å². The molecule has 0 aliphatic carbocycles. The number of amides is 1. The van der Waals surface area contributed by atoms with Crippen LogP contribution in [0.25, 0.3) is 11.4 Å². The minimum absolute atomic E-state index is 0.146. The zero-order valence-corrected chi connectivity index (χ0v) is 20.0. The zero-order chi connectivity index (χ0) is 23.3. The molecule has 2 aromatic heterocycles. The van der Waals surface area contributed by atoms with E-state index in [1.54, 1.807) is 41.0 Å². The van der Waals surface area contributed by atoms with Crippen molar-refractivity contribution in [2.24, 2.45) is 7.05 Å². The second kappa shape index (κ2) is 10.4. The minimum atomic E-state index is -3.51. The van der Waals surface area contributed by atoms with Crippen LogP contribution in [0.2, 0.25) is 0 Å². The van der Waals surface area contributed by atoms with Crippen LogP contribution in [0, 0.1) is 0 Å². The summed E-state index contributed by atoms with van der Waals surface area (Å²) in [6.07, 6.45) is 7.31. The van der Waals surface area contributed by atoms with Crippen LogP contribution in [0.15, 0.2) is 58.8 Å². The van der Waals surface area contributed by atoms with Gasteiger partial charge in [0.05, 0.1) is 10.6 Å². The molecular formula is C22H26N6O3S2. The van der Waals surface area contributed by atoms with Gasteiger partial charge in [0.1, 0.15) is 0 Å². The molecule has 0 atom stereocenters. The third-order valence-corrected chi connectivity index (χ3v) is 8.36. The first-order valence-corrected chi connectivity index (χ1v) is 13.2. The Morgan fingerprint density at radius 1 is 1.06 bits per heavy atom. The number of rotatable bonds is 7. The standard InChI is InChI=1S/C22H26N6O3S2/c1-27-21(17-7-6-12-23-15-17)25-26-22(27)32-16-20(29)24-18-8-10-19(11-9-18)33(30,31)28-13-4-2-3-5-14-28/h6-12,15H,2-5,13-14,16H2,1H3,(H,24,29). The predicted octanol–water partition coefficient (Wildman–Crippen LogP) is 3.17. The van der Waals surface area contributed by atoms with Crippen LogP contribution in [0.5, 0.6) is 0 Å². The summed E-state index contributed by atoms with van der Waals surface area (Å²) in [7, 11) is -1.67. The van der Waals surface area contributed by atoms with E-state index in [-0.39, 0.29) is 16.6 Å². The van der Waals surface area contributed by atoms with E-state index in [9.17, 15) is 13.2 Å². The Hall–Kier alpha value is -2.76. The molecule has 4 rings (SSSR count). The van der Waals surface area contributed by atoms with Gasteiger partial charge in [-0.1, -0.05) is 24.6 Å². The Balaban J connectivity index is 1.34. The van der Waals surface area contributed by atoms with Gasteiger partial charge in [-0.2, -0.15) is 4.31 Å². The van der Waals surface area contributed by atoms with Crippen LogP contribution in [-0.4, -0.2) is 57.2 Å². The van der Waals surface area contributed by atoms with Crippen molar-refractivity contribution in [2.45, 2.75) is 35.7 Å². The van der Waals surface area contributed by atoms with Crippen molar-refractivity contribution in [1.29, 1.82) is 0 Å². The summed E-state index contributed by atoms with van der Waals surface area (Å²) < 4.78 is 29.1. The number of sulfonamides is 1. The molecule has 1 N–H and O–H groups in total. The van der Waals surface area contributed by atoms with Gasteiger partial charge in [0.2, 0.25) is 15.9 Å². The lowest BCUT2D eigenvalue weighted by Crippen LogP contribution is -2.31. The van der Waals surface area contributed by atoms with Gasteiger partial charge in [-0.25, -0.2) is 8.42 Å². The van der Waals surface area contributed by atoms with Crippen molar-refractivity contribution in [1.82, 2.24) is 24.1 Å². The zero-order valence-electron chi connectivity index (χ0n) is 18.3. The maximum Gasteiger partial charge on any atom is 0.243 e. The Bertz CT molecular complexity index is 1190. The van der Waals surface area contributed by atoms with Crippen molar-refractivity contribution in [2.75, 3.05) is 24.2 Å². The molecule has 0 saturated carbocycles. The Morgan fingerprint density at radius 2 is 1.79 bits per heavy atom. The molecule has 0 bridgehead atoms. The van der Waals surface area contributed by atoms with Crippen molar-refractivity contribution >= 4 is 33.4 Å². The summed E-state index contributed by atoms with van der Waals surface area (Å²) in [5.41, 5.74) is 1.39. The summed E-state index contributed by atoms with van der Waals surface area (Å²) in [5, 5.41) is 11.8. The SMILES string of the molecule is Cn1c(SCC(=O)Nc2ccc(S(=O)(=O)N3CCCCCC3)cc2)nnc1-c1cccnc1. The second-order valence-corrected chi connectivity index (χ2v) is 10.7. The van der Waals surface area contributed by atoms with E-state index in [4.69, 9.17) is 0 Å². The molecule has 1 aromatic carbocycles. The highest BCUT2D eigenvalue weighted by Gasteiger charge is 2.25. The van der Waals surface area contributed by atoms with Gasteiger partial charge < -0.3 is 9.88 Å². The molecule has 3 aromatic rings. The van der Waals surface area contributed by atoms with Crippen LogP contribution in [0.4, 0.5) is 5.69 Å². The Kier molecular flexibility index (Phi) is 7.41. The summed E-state index contributed by atoms with van der Waals surface area (Å²) in [5.74, 6) is 0.605. The molecule has 9 nitrogen and oxygen atoms in total. The first-order valence-electron chi connectivity index (χ1n) is 10.8. The van der Waals surface area contributed by atoms with Gasteiger partial charge in [-0.3, -0.25) is 9.78 Å². The lowest BCUT2D eigenvalue weighted by molar-refractivity contribution is -0.113. The summed E-state index contributed by atoms with van der Waals surface area (Å²) in [6, 6.07) is 10.1. The Morgan fingerprint density at radius 3 is 2.45 bits per heavy atom. The third-order valence-electron chi connectivity index (χ3n) is 5.43. The fourth-order valence-electron chi connectivity index (χ4n) is 3.66. The number of benzene rings is 1. The van der Waals surface area contributed by atoms with Gasteiger partial charge >= 0.3 is 0 Å². The van der Waals surface area contributed by atoms with E-state index in [1.165, 1.54) is 11.8 Å². The maximum absolute atomic E-state index is 12.9. The Labute approximate surface area is 197 Å². The predicted molar refractivity (Wildman–Crippen MR) is 127 cm³/mol. The molecule has 1 fully saturated rings. The number of hydrogen-bond acceptors (Lipinski definition) is 7. The van der Waals surface area contributed by atoms with Gasteiger partial charge in [-0.05, 0) is 49.2 Å². The van der Waals surface area contributed by atoms with Crippen molar-refractivity contribution in [3.8, 4) is 11.4 Å². The lowest BCUT2D eigenvalue weighted by Gasteiger charge is -2.20. The molecule has 11 heteroatoms. The quantitative estimate of drug-likeness (QED) is 0.511. The summed E-state index contributed by atoms with van der Waals surface area (Å²) in [4.78, 5) is 16.8. The second-order valence-electron chi connectivity index (χ2n) is 7.79. The molecule has 1 aliphatic heterocycles. The van der Waals surface area contributed by atoms with Crippen LogP contribution < -0.4 is 5.32 Å². The highest BCUT2D eigenvalue weighted by molar-refractivity contribution is 7.99. The molecule has 33 heavy (non-hydrogen) atoms. The molecule has 174 valence electrons. The molecule has 0 spiro atoms. The number of carbonyl (C=O) groups excluding carboxylic acids is 1. The van der Waals surface area contributed by atoms with Crippen LogP contribution in [0.3, 0.4) is 0 Å². The van der Waals surface area contributed by atoms with Crippen LogP contribution in [0.1, 0.15) is 25.7 Å². The molecule has 1 amide bonds. The molecule has 0 unspecified atom stereocenters. The first-order chi connectivity index (χ1) is 15.9. The number of nitrogens with one attached hydrogen (secondary N) is 1. The van der Waals surface area contributed by atoms with Crippen molar-refractivity contribution < 1.29 is 13.2 Å². The van der Waals surface area contributed by atoms with Crippen LogP contribution in [-0.2, 0) is 21.9 Å². The monoisotopic (exact) mass is 486 g/mol. The van der Waals surface area contributed by atoms with E-state index in [0.717, 1.165) is 31.2 Å². The molecular weight excluding hydrogens is 460 g/mol. The van der Waals surface area contributed by atoms with Crippen molar-refractivity contribution in [3.63, 3.8) is 0 Å². The van der Waals surface area contributed by atoms with Gasteiger partial charge in [-0.15, -0.1) is 10.2 Å². The number of aromatic nitrogens is 4. The summed E-state index contributed by atoms with van der Waals surface area (Å²) >= 11 is 1.27. The van der Waals surface area contributed by atoms with Gasteiger partial charge in [0.15, 0.2) is 11.0 Å². The average Bonchev–Trinajstić information content (AvgIpc) is 3.01. The number of carbonyl (C=O) groups is 1. The van der Waals surface area contributed by atoms with E-state index in [0.29, 0.717) is 29.8 Å². The van der Waals surface area contributed by atoms with Crippen molar-refractivity contribution in [3.05, 3.63) is 48.8 Å². The van der Waals surface area contributed by atoms with Gasteiger partial charge in [0, 0.05) is 43.8 Å². The highest BCUT2D eigenvalue weighted by Crippen LogP contribution is 2.24. The topological polar surface area (TPSA) is 110 Å². The number of pyridine rings is 1. The van der Waals surface area contributed by atoms with E-state index in [2.05, 4.69) is 20.5 Å². The highest BCUT2D eigenvalue weighted by atomic mass is 32.2.